The van der Waals surface area contributed by atoms with E-state index in [0.717, 1.165) is 10.6 Å². The molecule has 3 aromatic rings. The predicted molar refractivity (Wildman–Crippen MR) is 112 cm³/mol. The first kappa shape index (κ1) is 22.2. The van der Waals surface area contributed by atoms with Crippen LogP contribution in [0.25, 0.3) is 5.65 Å². The summed E-state index contributed by atoms with van der Waals surface area (Å²) in [4.78, 5) is 37.4. The number of fused-ring (bicyclic) bond motifs is 1. The van der Waals surface area contributed by atoms with Crippen molar-refractivity contribution in [2.75, 3.05) is 24.3 Å². The second-order valence-electron chi connectivity index (χ2n) is 6.81. The van der Waals surface area contributed by atoms with E-state index in [2.05, 4.69) is 25.4 Å². The summed E-state index contributed by atoms with van der Waals surface area (Å²) in [5.74, 6) is 0.337. The number of aromatic nitrogens is 5. The molecule has 0 spiro atoms. The number of hydrogen-bond donors (Lipinski definition) is 3. The topological polar surface area (TPSA) is 161 Å². The lowest BCUT2D eigenvalue weighted by molar-refractivity contribution is 0.0799. The number of anilines is 2. The van der Waals surface area contributed by atoms with E-state index in [1.807, 2.05) is 0 Å². The number of halogens is 1. The molecule has 1 atom stereocenters. The molecule has 2 amide bonds. The maximum Gasteiger partial charge on any atom is 0.411 e. The van der Waals surface area contributed by atoms with Gasteiger partial charge in [0, 0.05) is 30.9 Å². The zero-order chi connectivity index (χ0) is 22.7. The molecule has 12 nitrogen and oxygen atoms in total. The molecule has 0 fully saturated rings. The number of nitrogens with one attached hydrogen (secondary N) is 1. The van der Waals surface area contributed by atoms with Gasteiger partial charge in [-0.3, -0.25) is 9.69 Å². The zero-order valence-electron chi connectivity index (χ0n) is 17.0. The van der Waals surface area contributed by atoms with Gasteiger partial charge in [0.25, 0.3) is 5.91 Å². The number of carboxylic acid groups (broad SMARTS) is 1. The summed E-state index contributed by atoms with van der Waals surface area (Å²) in [5, 5.41) is 16.1. The number of hydrogen-bond acceptors (Lipinski definition) is 8. The highest BCUT2D eigenvalue weighted by molar-refractivity contribution is 6.29. The van der Waals surface area contributed by atoms with Crippen LogP contribution in [0.15, 0.2) is 18.3 Å². The van der Waals surface area contributed by atoms with Gasteiger partial charge in [0.2, 0.25) is 0 Å². The maximum absolute atomic E-state index is 12.7. The Kier molecular flexibility index (Phi) is 6.51. The SMILES string of the molecule is Cc1cc(N)nc(COCC(C)NC(=O)c2cnc3c(N(C)C(=O)O)cc(Cl)nn23)n1. The van der Waals surface area contributed by atoms with Gasteiger partial charge >= 0.3 is 6.09 Å². The number of nitrogen functional groups attached to an aromatic ring is 1. The standard InChI is InChI=1S/C18H21ClN8O4/c1-9-4-14(20)24-15(22-9)8-31-7-10(2)23-17(28)12-6-21-16-11(26(3)18(29)30)5-13(19)25-27(12)16/h4-6,10H,7-8H2,1-3H3,(H,23,28)(H,29,30)(H2,20,22,24). The predicted octanol–water partition coefficient (Wildman–Crippen LogP) is 1.51. The second-order valence-corrected chi connectivity index (χ2v) is 7.20. The molecule has 0 aliphatic carbocycles. The van der Waals surface area contributed by atoms with Gasteiger partial charge in [0.15, 0.2) is 22.3 Å². The van der Waals surface area contributed by atoms with Gasteiger partial charge in [-0.25, -0.2) is 24.3 Å². The van der Waals surface area contributed by atoms with Crippen LogP contribution in [0.5, 0.6) is 0 Å². The molecule has 1 unspecified atom stereocenters. The summed E-state index contributed by atoms with van der Waals surface area (Å²) in [6, 6.07) is 2.65. The Morgan fingerprint density at radius 3 is 2.81 bits per heavy atom. The molecule has 0 radical (unpaired) electrons. The number of nitrogens with two attached hydrogens (primary N) is 1. The van der Waals surface area contributed by atoms with Crippen molar-refractivity contribution in [2.45, 2.75) is 26.5 Å². The van der Waals surface area contributed by atoms with E-state index in [-0.39, 0.29) is 41.4 Å². The van der Waals surface area contributed by atoms with E-state index in [9.17, 15) is 14.7 Å². The molecule has 3 rings (SSSR count). The molecule has 0 aromatic carbocycles. The van der Waals surface area contributed by atoms with Crippen molar-refractivity contribution in [2.24, 2.45) is 0 Å². The maximum atomic E-state index is 12.7. The quantitative estimate of drug-likeness (QED) is 0.486. The van der Waals surface area contributed by atoms with Gasteiger partial charge in [-0.05, 0) is 13.8 Å². The Balaban J connectivity index is 1.68. The third-order valence-electron chi connectivity index (χ3n) is 4.20. The molecule has 164 valence electrons. The Labute approximate surface area is 182 Å². The van der Waals surface area contributed by atoms with Crippen molar-refractivity contribution < 1.29 is 19.4 Å². The molecule has 0 saturated heterocycles. The Bertz CT molecular complexity index is 1110. The lowest BCUT2D eigenvalue weighted by atomic mass is 10.3. The normalized spacial score (nSPS) is 12.0. The van der Waals surface area contributed by atoms with Crippen molar-refractivity contribution in [3.8, 4) is 0 Å². The first-order chi connectivity index (χ1) is 14.7. The molecule has 0 bridgehead atoms. The minimum absolute atomic E-state index is 0.0106. The monoisotopic (exact) mass is 448 g/mol. The fourth-order valence-corrected chi connectivity index (χ4v) is 2.99. The van der Waals surface area contributed by atoms with Crippen LogP contribution in [0, 0.1) is 6.92 Å². The van der Waals surface area contributed by atoms with E-state index in [1.165, 1.54) is 23.8 Å². The Hall–Kier alpha value is -3.51. The van der Waals surface area contributed by atoms with Crippen LogP contribution in [0.1, 0.15) is 28.9 Å². The van der Waals surface area contributed by atoms with Crippen LogP contribution < -0.4 is 16.0 Å². The molecule has 0 aliphatic heterocycles. The van der Waals surface area contributed by atoms with Gasteiger partial charge in [0.1, 0.15) is 12.4 Å². The van der Waals surface area contributed by atoms with Crippen LogP contribution in [0.4, 0.5) is 16.3 Å². The van der Waals surface area contributed by atoms with Crippen LogP contribution in [0.3, 0.4) is 0 Å². The smallest absolute Gasteiger partial charge is 0.411 e. The molecule has 4 N–H and O–H groups in total. The minimum atomic E-state index is -1.21. The van der Waals surface area contributed by atoms with Gasteiger partial charge < -0.3 is 20.9 Å². The zero-order valence-corrected chi connectivity index (χ0v) is 17.8. The van der Waals surface area contributed by atoms with E-state index in [0.29, 0.717) is 11.6 Å². The van der Waals surface area contributed by atoms with E-state index < -0.39 is 12.0 Å². The molecule has 13 heteroatoms. The lowest BCUT2D eigenvalue weighted by Gasteiger charge is -2.15. The van der Waals surface area contributed by atoms with Crippen LogP contribution >= 0.6 is 11.6 Å². The third kappa shape index (κ3) is 5.16. The number of rotatable bonds is 7. The third-order valence-corrected chi connectivity index (χ3v) is 4.38. The summed E-state index contributed by atoms with van der Waals surface area (Å²) in [7, 11) is 1.34. The van der Waals surface area contributed by atoms with Crippen molar-refractivity contribution >= 4 is 40.8 Å². The first-order valence-corrected chi connectivity index (χ1v) is 9.53. The summed E-state index contributed by atoms with van der Waals surface area (Å²) in [6.07, 6.45) is 0.0905. The summed E-state index contributed by atoms with van der Waals surface area (Å²) < 4.78 is 6.76. The van der Waals surface area contributed by atoms with Gasteiger partial charge in [-0.15, -0.1) is 0 Å². The minimum Gasteiger partial charge on any atom is -0.465 e. The summed E-state index contributed by atoms with van der Waals surface area (Å²) in [5.41, 5.74) is 6.89. The number of ether oxygens (including phenoxy) is 1. The van der Waals surface area contributed by atoms with Crippen molar-refractivity contribution in [3.05, 3.63) is 40.7 Å². The second kappa shape index (κ2) is 9.10. The molecule has 0 saturated carbocycles. The van der Waals surface area contributed by atoms with E-state index in [1.54, 1.807) is 19.9 Å². The number of amides is 2. The fourth-order valence-electron chi connectivity index (χ4n) is 2.82. The first-order valence-electron chi connectivity index (χ1n) is 9.15. The highest BCUT2D eigenvalue weighted by Gasteiger charge is 2.21. The van der Waals surface area contributed by atoms with Crippen LogP contribution in [-0.4, -0.2) is 61.4 Å². The van der Waals surface area contributed by atoms with Gasteiger partial charge in [0.05, 0.1) is 18.5 Å². The Morgan fingerprint density at radius 2 is 2.13 bits per heavy atom. The largest absolute Gasteiger partial charge is 0.465 e. The summed E-state index contributed by atoms with van der Waals surface area (Å²) in [6.45, 7) is 3.90. The molecular formula is C18H21ClN8O4. The number of nitrogens with zero attached hydrogens (tertiary/aromatic N) is 6. The number of carbonyl (C=O) groups is 2. The Morgan fingerprint density at radius 1 is 1.39 bits per heavy atom. The van der Waals surface area contributed by atoms with Crippen LogP contribution in [0.2, 0.25) is 5.15 Å². The van der Waals surface area contributed by atoms with Gasteiger partial charge in [-0.1, -0.05) is 11.6 Å². The molecule has 3 aromatic heterocycles. The van der Waals surface area contributed by atoms with E-state index in [4.69, 9.17) is 22.1 Å². The number of aryl methyl sites for hydroxylation is 1. The highest BCUT2D eigenvalue weighted by Crippen LogP contribution is 2.23. The van der Waals surface area contributed by atoms with Crippen molar-refractivity contribution in [1.82, 2.24) is 29.9 Å². The van der Waals surface area contributed by atoms with Gasteiger partial charge in [-0.2, -0.15) is 5.10 Å². The average molecular weight is 449 g/mol. The molecule has 3 heterocycles. The average Bonchev–Trinajstić information content (AvgIpc) is 3.09. The van der Waals surface area contributed by atoms with Crippen molar-refractivity contribution in [1.29, 1.82) is 0 Å². The van der Waals surface area contributed by atoms with E-state index >= 15 is 0 Å². The highest BCUT2D eigenvalue weighted by atomic mass is 35.5. The number of imidazole rings is 1. The fraction of sp³-hybridized carbons (Fsp3) is 0.333. The molecular weight excluding hydrogens is 428 g/mol. The lowest BCUT2D eigenvalue weighted by Crippen LogP contribution is -2.36. The molecule has 0 aliphatic rings. The summed E-state index contributed by atoms with van der Waals surface area (Å²) >= 11 is 6.01. The number of carbonyl (C=O) groups excluding carboxylic acids is 1. The van der Waals surface area contributed by atoms with Crippen molar-refractivity contribution in [3.63, 3.8) is 0 Å². The van der Waals surface area contributed by atoms with Crippen LogP contribution in [-0.2, 0) is 11.3 Å². The molecule has 31 heavy (non-hydrogen) atoms.